The van der Waals surface area contributed by atoms with Crippen LogP contribution >= 0.6 is 0 Å². The van der Waals surface area contributed by atoms with Gasteiger partial charge in [0.25, 0.3) is 0 Å². The van der Waals surface area contributed by atoms with Gasteiger partial charge in [-0.3, -0.25) is 9.59 Å². The van der Waals surface area contributed by atoms with E-state index in [-0.39, 0.29) is 18.3 Å². The average Bonchev–Trinajstić information content (AvgIpc) is 2.87. The van der Waals surface area contributed by atoms with Gasteiger partial charge in [-0.05, 0) is 31.1 Å². The summed E-state index contributed by atoms with van der Waals surface area (Å²) in [4.78, 5) is 22.8. The van der Waals surface area contributed by atoms with Gasteiger partial charge in [0.1, 0.15) is 0 Å². The highest BCUT2D eigenvalue weighted by Crippen LogP contribution is 2.41. The number of carbonyl (C=O) groups is 2. The van der Waals surface area contributed by atoms with E-state index in [2.05, 4.69) is 13.8 Å². The van der Waals surface area contributed by atoms with Crippen LogP contribution in [0.5, 0.6) is 0 Å². The standard InChI is InChI=1S/C33H64O4/c1-3-5-7-9-11-13-15-17-19-21-23-27-33(29-25-31(34)35,30-26-32(36)37)28-24-22-20-18-16-14-12-10-8-6-4-2/h3-30H2,1-2H3,(H,34,35)(H,36,37). The van der Waals surface area contributed by atoms with Gasteiger partial charge in [-0.15, -0.1) is 0 Å². The minimum absolute atomic E-state index is 0.116. The molecule has 0 atom stereocenters. The first-order valence-corrected chi connectivity index (χ1v) is 16.4. The molecule has 0 spiro atoms. The minimum Gasteiger partial charge on any atom is -0.481 e. The summed E-state index contributed by atoms with van der Waals surface area (Å²) in [6, 6.07) is 0. The van der Waals surface area contributed by atoms with E-state index in [1.54, 1.807) is 0 Å². The molecule has 0 heterocycles. The number of aliphatic carboxylic acids is 2. The number of carboxylic acid groups (broad SMARTS) is 2. The third kappa shape index (κ3) is 25.0. The molecule has 2 N–H and O–H groups in total. The van der Waals surface area contributed by atoms with E-state index >= 15 is 0 Å². The van der Waals surface area contributed by atoms with Crippen LogP contribution in [0.15, 0.2) is 0 Å². The van der Waals surface area contributed by atoms with Crippen LogP contribution in [0.2, 0.25) is 0 Å². The Kier molecular flexibility index (Phi) is 25.8. The summed E-state index contributed by atoms with van der Waals surface area (Å²) in [5.74, 6) is -1.50. The highest BCUT2D eigenvalue weighted by molar-refractivity contribution is 5.67. The van der Waals surface area contributed by atoms with Gasteiger partial charge in [-0.2, -0.15) is 0 Å². The lowest BCUT2D eigenvalue weighted by Crippen LogP contribution is -2.24. The van der Waals surface area contributed by atoms with E-state index in [9.17, 15) is 19.8 Å². The smallest absolute Gasteiger partial charge is 0.303 e. The van der Waals surface area contributed by atoms with Gasteiger partial charge in [0.05, 0.1) is 0 Å². The van der Waals surface area contributed by atoms with Gasteiger partial charge in [0, 0.05) is 12.8 Å². The zero-order valence-electron chi connectivity index (χ0n) is 25.0. The van der Waals surface area contributed by atoms with E-state index in [1.807, 2.05) is 0 Å². The van der Waals surface area contributed by atoms with Gasteiger partial charge in [-0.25, -0.2) is 0 Å². The van der Waals surface area contributed by atoms with Crippen molar-refractivity contribution in [3.05, 3.63) is 0 Å². The molecule has 0 radical (unpaired) electrons. The topological polar surface area (TPSA) is 74.6 Å². The third-order valence-electron chi connectivity index (χ3n) is 8.36. The number of hydrogen-bond acceptors (Lipinski definition) is 2. The van der Waals surface area contributed by atoms with Crippen molar-refractivity contribution < 1.29 is 19.8 Å². The molecule has 0 saturated heterocycles. The van der Waals surface area contributed by atoms with Gasteiger partial charge < -0.3 is 10.2 Å². The van der Waals surface area contributed by atoms with Crippen LogP contribution in [-0.4, -0.2) is 22.2 Å². The number of carboxylic acids is 2. The molecule has 0 aliphatic rings. The highest BCUT2D eigenvalue weighted by Gasteiger charge is 2.30. The van der Waals surface area contributed by atoms with E-state index in [0.717, 1.165) is 25.7 Å². The van der Waals surface area contributed by atoms with Crippen LogP contribution in [0.1, 0.15) is 194 Å². The summed E-state index contributed by atoms with van der Waals surface area (Å²) in [6.07, 6.45) is 32.2. The van der Waals surface area contributed by atoms with Crippen molar-refractivity contribution in [1.82, 2.24) is 0 Å². The summed E-state index contributed by atoms with van der Waals surface area (Å²) in [7, 11) is 0. The van der Waals surface area contributed by atoms with E-state index in [4.69, 9.17) is 0 Å². The Hall–Kier alpha value is -1.06. The molecule has 0 fully saturated rings. The summed E-state index contributed by atoms with van der Waals surface area (Å²) in [5.41, 5.74) is -0.116. The van der Waals surface area contributed by atoms with Crippen molar-refractivity contribution in [2.75, 3.05) is 0 Å². The maximum Gasteiger partial charge on any atom is 0.303 e. The van der Waals surface area contributed by atoms with Crippen LogP contribution < -0.4 is 0 Å². The molecule has 0 aromatic heterocycles. The predicted octanol–water partition coefficient (Wildman–Crippen LogP) is 11.1. The molecule has 0 rings (SSSR count). The van der Waals surface area contributed by atoms with Crippen LogP contribution in [0.3, 0.4) is 0 Å². The zero-order valence-corrected chi connectivity index (χ0v) is 25.0. The Labute approximate surface area is 230 Å². The Balaban J connectivity index is 4.37. The lowest BCUT2D eigenvalue weighted by atomic mass is 9.71. The monoisotopic (exact) mass is 524 g/mol. The highest BCUT2D eigenvalue weighted by atomic mass is 16.4. The SMILES string of the molecule is CCCCCCCCCCCCCC(CCCCCCCCCCCCC)(CCC(=O)O)CCC(=O)O. The second-order valence-corrected chi connectivity index (χ2v) is 11.9. The van der Waals surface area contributed by atoms with Gasteiger partial charge in [-0.1, -0.05) is 155 Å². The summed E-state index contributed by atoms with van der Waals surface area (Å²) in [5, 5.41) is 18.7. The van der Waals surface area contributed by atoms with Crippen molar-refractivity contribution >= 4 is 11.9 Å². The first kappa shape index (κ1) is 35.9. The van der Waals surface area contributed by atoms with Crippen LogP contribution in [0.25, 0.3) is 0 Å². The molecule has 0 aromatic carbocycles. The van der Waals surface area contributed by atoms with Crippen LogP contribution in [0.4, 0.5) is 0 Å². The van der Waals surface area contributed by atoms with Crippen molar-refractivity contribution in [3.63, 3.8) is 0 Å². The molecular formula is C33H64O4. The molecule has 0 saturated carbocycles. The predicted molar refractivity (Wildman–Crippen MR) is 158 cm³/mol. The maximum absolute atomic E-state index is 11.4. The molecule has 4 heteroatoms. The fraction of sp³-hybridized carbons (Fsp3) is 0.939. The van der Waals surface area contributed by atoms with Crippen LogP contribution in [0, 0.1) is 5.41 Å². The Bertz CT molecular complexity index is 470. The average molecular weight is 525 g/mol. The summed E-state index contributed by atoms with van der Waals surface area (Å²) >= 11 is 0. The second-order valence-electron chi connectivity index (χ2n) is 11.9. The molecule has 0 unspecified atom stereocenters. The summed E-state index contributed by atoms with van der Waals surface area (Å²) in [6.45, 7) is 4.52. The molecule has 0 amide bonds. The molecule has 0 bridgehead atoms. The largest absolute Gasteiger partial charge is 0.481 e. The Morgan fingerprint density at radius 2 is 0.649 bits per heavy atom. The summed E-state index contributed by atoms with van der Waals surface area (Å²) < 4.78 is 0. The normalized spacial score (nSPS) is 11.7. The van der Waals surface area contributed by atoms with Crippen LogP contribution in [-0.2, 0) is 9.59 Å². The molecule has 0 aliphatic carbocycles. The molecule has 220 valence electrons. The Morgan fingerprint density at radius 1 is 0.405 bits per heavy atom. The van der Waals surface area contributed by atoms with Crippen molar-refractivity contribution in [1.29, 1.82) is 0 Å². The lowest BCUT2D eigenvalue weighted by Gasteiger charge is -2.34. The molecule has 4 nitrogen and oxygen atoms in total. The molecule has 0 aliphatic heterocycles. The molecular weight excluding hydrogens is 460 g/mol. The molecule has 37 heavy (non-hydrogen) atoms. The second kappa shape index (κ2) is 26.5. The fourth-order valence-corrected chi connectivity index (χ4v) is 5.82. The maximum atomic E-state index is 11.4. The van der Waals surface area contributed by atoms with Crippen molar-refractivity contribution in [2.45, 2.75) is 194 Å². The molecule has 0 aromatic rings. The van der Waals surface area contributed by atoms with E-state index in [1.165, 1.54) is 128 Å². The van der Waals surface area contributed by atoms with Crippen molar-refractivity contribution in [2.24, 2.45) is 5.41 Å². The van der Waals surface area contributed by atoms with Crippen molar-refractivity contribution in [3.8, 4) is 0 Å². The first-order chi connectivity index (χ1) is 18.0. The number of unbranched alkanes of at least 4 members (excludes halogenated alkanes) is 20. The quantitative estimate of drug-likeness (QED) is 0.0916. The third-order valence-corrected chi connectivity index (χ3v) is 8.36. The zero-order chi connectivity index (χ0) is 27.5. The Morgan fingerprint density at radius 3 is 0.892 bits per heavy atom. The van der Waals surface area contributed by atoms with Gasteiger partial charge >= 0.3 is 11.9 Å². The minimum atomic E-state index is -0.752. The van der Waals surface area contributed by atoms with Gasteiger partial charge in [0.15, 0.2) is 0 Å². The van der Waals surface area contributed by atoms with E-state index in [0.29, 0.717) is 12.8 Å². The fourth-order valence-electron chi connectivity index (χ4n) is 5.82. The number of hydrogen-bond donors (Lipinski definition) is 2. The number of rotatable bonds is 30. The van der Waals surface area contributed by atoms with E-state index < -0.39 is 11.9 Å². The first-order valence-electron chi connectivity index (χ1n) is 16.4. The lowest BCUT2D eigenvalue weighted by molar-refractivity contribution is -0.138. The van der Waals surface area contributed by atoms with Gasteiger partial charge in [0.2, 0.25) is 0 Å².